The summed E-state index contributed by atoms with van der Waals surface area (Å²) in [6.45, 7) is 0. The smallest absolute Gasteiger partial charge is 0.199 e. The molecule has 4 nitrogen and oxygen atoms in total. The van der Waals surface area contributed by atoms with E-state index in [1.807, 2.05) is 42.1 Å². The fourth-order valence-corrected chi connectivity index (χ4v) is 1.46. The van der Waals surface area contributed by atoms with Gasteiger partial charge in [-0.2, -0.15) is 10.5 Å². The minimum atomic E-state index is 0.410. The first-order valence-electron chi connectivity index (χ1n) is 4.97. The number of aryl methyl sites for hydroxylation is 1. The van der Waals surface area contributed by atoms with Crippen molar-refractivity contribution in [3.05, 3.63) is 47.7 Å². The molecule has 0 aliphatic carbocycles. The Morgan fingerprint density at radius 2 is 1.76 bits per heavy atom. The van der Waals surface area contributed by atoms with Gasteiger partial charge in [0.05, 0.1) is 23.3 Å². The quantitative estimate of drug-likeness (QED) is 0.786. The van der Waals surface area contributed by atoms with E-state index in [0.717, 1.165) is 0 Å². The van der Waals surface area contributed by atoms with Crippen LogP contribution in [0.15, 0.2) is 36.5 Å². The molecule has 82 valence electrons. The molecule has 0 atom stereocenters. The number of benzene rings is 1. The van der Waals surface area contributed by atoms with Crippen molar-refractivity contribution in [1.82, 2.24) is 4.57 Å². The van der Waals surface area contributed by atoms with Gasteiger partial charge >= 0.3 is 0 Å². The van der Waals surface area contributed by atoms with Gasteiger partial charge in [-0.1, -0.05) is 0 Å². The zero-order valence-electron chi connectivity index (χ0n) is 9.21. The first-order valence-corrected chi connectivity index (χ1v) is 4.97. The van der Waals surface area contributed by atoms with Crippen LogP contribution in [0.4, 0.5) is 0 Å². The maximum Gasteiger partial charge on any atom is 0.199 e. The van der Waals surface area contributed by atoms with Gasteiger partial charge in [0.1, 0.15) is 5.75 Å². The summed E-state index contributed by atoms with van der Waals surface area (Å²) in [5.74, 6) is 1.14. The van der Waals surface area contributed by atoms with Crippen LogP contribution in [0.2, 0.25) is 0 Å². The second-order valence-electron chi connectivity index (χ2n) is 3.53. The Kier molecular flexibility index (Phi) is 2.81. The van der Waals surface area contributed by atoms with Crippen LogP contribution in [0.25, 0.3) is 0 Å². The van der Waals surface area contributed by atoms with E-state index in [9.17, 15) is 0 Å². The van der Waals surface area contributed by atoms with Gasteiger partial charge in [0, 0.05) is 19.3 Å². The monoisotopic (exact) mass is 223 g/mol. The molecule has 0 saturated carbocycles. The van der Waals surface area contributed by atoms with Crippen LogP contribution in [0.1, 0.15) is 11.1 Å². The van der Waals surface area contributed by atoms with E-state index in [0.29, 0.717) is 22.8 Å². The standard InChI is InChI=1S/C13H9N3O/c1-16-4-2-3-13(16)17-12-6-10(8-14)5-11(7-12)9-15/h2-7H,1H3. The predicted molar refractivity (Wildman–Crippen MR) is 61.4 cm³/mol. The molecule has 0 unspecified atom stereocenters. The number of rotatable bonds is 2. The molecule has 1 heterocycles. The lowest BCUT2D eigenvalue weighted by molar-refractivity contribution is 0.443. The van der Waals surface area contributed by atoms with E-state index >= 15 is 0 Å². The highest BCUT2D eigenvalue weighted by atomic mass is 16.5. The molecular formula is C13H9N3O. The number of nitriles is 2. The molecule has 0 saturated heterocycles. The Morgan fingerprint density at radius 1 is 1.12 bits per heavy atom. The maximum atomic E-state index is 8.84. The maximum absolute atomic E-state index is 8.84. The second kappa shape index (κ2) is 4.42. The van der Waals surface area contributed by atoms with Crippen molar-refractivity contribution in [3.8, 4) is 23.8 Å². The first-order chi connectivity index (χ1) is 8.22. The van der Waals surface area contributed by atoms with Gasteiger partial charge < -0.3 is 9.30 Å². The molecule has 2 aromatic rings. The van der Waals surface area contributed by atoms with Crippen molar-refractivity contribution in [3.63, 3.8) is 0 Å². The molecule has 4 heteroatoms. The van der Waals surface area contributed by atoms with E-state index in [-0.39, 0.29) is 0 Å². The Hall–Kier alpha value is -2.72. The van der Waals surface area contributed by atoms with Gasteiger partial charge in [-0.3, -0.25) is 0 Å². The molecule has 0 aliphatic rings. The summed E-state index contributed by atoms with van der Waals surface area (Å²) in [4.78, 5) is 0. The normalized spacial score (nSPS) is 9.35. The number of ether oxygens (including phenoxy) is 1. The minimum absolute atomic E-state index is 0.410. The molecular weight excluding hydrogens is 214 g/mol. The summed E-state index contributed by atoms with van der Waals surface area (Å²) < 4.78 is 7.41. The second-order valence-corrected chi connectivity index (χ2v) is 3.53. The Bertz CT molecular complexity index is 597. The number of aromatic nitrogens is 1. The summed E-state index contributed by atoms with van der Waals surface area (Å²) in [6, 6.07) is 12.4. The van der Waals surface area contributed by atoms with Gasteiger partial charge in [0.15, 0.2) is 5.88 Å². The SMILES string of the molecule is Cn1cccc1Oc1cc(C#N)cc(C#N)c1. The molecule has 0 bridgehead atoms. The van der Waals surface area contributed by atoms with E-state index < -0.39 is 0 Å². The molecule has 0 spiro atoms. The van der Waals surface area contributed by atoms with Crippen molar-refractivity contribution in [1.29, 1.82) is 10.5 Å². The van der Waals surface area contributed by atoms with Gasteiger partial charge in [0.2, 0.25) is 0 Å². The highest BCUT2D eigenvalue weighted by Crippen LogP contribution is 2.23. The average molecular weight is 223 g/mol. The molecule has 0 fully saturated rings. The van der Waals surface area contributed by atoms with Crippen LogP contribution in [-0.4, -0.2) is 4.57 Å². The number of hydrogen-bond donors (Lipinski definition) is 0. The van der Waals surface area contributed by atoms with Gasteiger partial charge in [-0.25, -0.2) is 0 Å². The Morgan fingerprint density at radius 3 is 2.24 bits per heavy atom. The zero-order valence-corrected chi connectivity index (χ0v) is 9.21. The van der Waals surface area contributed by atoms with E-state index in [1.54, 1.807) is 12.1 Å². The molecule has 2 rings (SSSR count). The highest BCUT2D eigenvalue weighted by molar-refractivity contribution is 5.46. The van der Waals surface area contributed by atoms with Crippen LogP contribution in [0.3, 0.4) is 0 Å². The highest BCUT2D eigenvalue weighted by Gasteiger charge is 2.04. The van der Waals surface area contributed by atoms with Gasteiger partial charge in [-0.05, 0) is 24.3 Å². The van der Waals surface area contributed by atoms with Crippen molar-refractivity contribution < 1.29 is 4.74 Å². The van der Waals surface area contributed by atoms with Crippen molar-refractivity contribution in [2.75, 3.05) is 0 Å². The lowest BCUT2D eigenvalue weighted by atomic mass is 10.1. The summed E-state index contributed by atoms with van der Waals surface area (Å²) in [5.41, 5.74) is 0.821. The Labute approximate surface area is 98.9 Å². The third-order valence-corrected chi connectivity index (χ3v) is 2.28. The van der Waals surface area contributed by atoms with Crippen LogP contribution >= 0.6 is 0 Å². The van der Waals surface area contributed by atoms with Crippen molar-refractivity contribution in [2.45, 2.75) is 0 Å². The summed E-state index contributed by atoms with van der Waals surface area (Å²) in [5, 5.41) is 17.7. The van der Waals surface area contributed by atoms with Crippen LogP contribution in [0.5, 0.6) is 11.6 Å². The molecule has 0 radical (unpaired) electrons. The fourth-order valence-electron chi connectivity index (χ4n) is 1.46. The zero-order chi connectivity index (χ0) is 12.3. The van der Waals surface area contributed by atoms with E-state index in [1.165, 1.54) is 6.07 Å². The molecule has 0 amide bonds. The van der Waals surface area contributed by atoms with Crippen LogP contribution in [0, 0.1) is 22.7 Å². The lowest BCUT2D eigenvalue weighted by Gasteiger charge is -2.06. The molecule has 0 aliphatic heterocycles. The predicted octanol–water partition coefficient (Wildman–Crippen LogP) is 2.56. The summed E-state index contributed by atoms with van der Waals surface area (Å²) in [6.07, 6.45) is 1.86. The van der Waals surface area contributed by atoms with Crippen LogP contribution in [-0.2, 0) is 7.05 Å². The lowest BCUT2D eigenvalue weighted by Crippen LogP contribution is -1.93. The summed E-state index contributed by atoms with van der Waals surface area (Å²) >= 11 is 0. The molecule has 0 N–H and O–H groups in total. The number of nitrogens with zero attached hydrogens (tertiary/aromatic N) is 3. The summed E-state index contributed by atoms with van der Waals surface area (Å²) in [7, 11) is 1.86. The third kappa shape index (κ3) is 2.27. The molecule has 17 heavy (non-hydrogen) atoms. The van der Waals surface area contributed by atoms with Gasteiger partial charge in [0.25, 0.3) is 0 Å². The molecule has 1 aromatic carbocycles. The van der Waals surface area contributed by atoms with Crippen molar-refractivity contribution >= 4 is 0 Å². The fraction of sp³-hybridized carbons (Fsp3) is 0.0769. The molecule has 1 aromatic heterocycles. The van der Waals surface area contributed by atoms with Crippen molar-refractivity contribution in [2.24, 2.45) is 7.05 Å². The van der Waals surface area contributed by atoms with E-state index in [2.05, 4.69) is 0 Å². The third-order valence-electron chi connectivity index (χ3n) is 2.28. The Balaban J connectivity index is 2.37. The van der Waals surface area contributed by atoms with E-state index in [4.69, 9.17) is 15.3 Å². The average Bonchev–Trinajstić information content (AvgIpc) is 2.74. The minimum Gasteiger partial charge on any atom is -0.441 e. The van der Waals surface area contributed by atoms with Gasteiger partial charge in [-0.15, -0.1) is 0 Å². The largest absolute Gasteiger partial charge is 0.441 e. The van der Waals surface area contributed by atoms with Crippen LogP contribution < -0.4 is 4.74 Å². The topological polar surface area (TPSA) is 61.7 Å². The number of hydrogen-bond acceptors (Lipinski definition) is 3. The first kappa shape index (κ1) is 10.8.